The molecular formula is C15H17ClN4O2. The lowest BCUT2D eigenvalue weighted by molar-refractivity contribution is 0.270. The minimum atomic E-state index is -0.0960. The van der Waals surface area contributed by atoms with Gasteiger partial charge in [-0.3, -0.25) is 0 Å². The summed E-state index contributed by atoms with van der Waals surface area (Å²) in [5.74, 6) is 1.56. The van der Waals surface area contributed by atoms with Gasteiger partial charge in [0, 0.05) is 24.6 Å². The second kappa shape index (κ2) is 5.98. The van der Waals surface area contributed by atoms with Gasteiger partial charge in [0.1, 0.15) is 16.7 Å². The van der Waals surface area contributed by atoms with Crippen LogP contribution in [0.2, 0.25) is 5.15 Å². The maximum Gasteiger partial charge on any atom is 0.223 e. The maximum absolute atomic E-state index is 9.57. The summed E-state index contributed by atoms with van der Waals surface area (Å²) < 4.78 is 5.16. The third-order valence-corrected chi connectivity index (χ3v) is 4.09. The van der Waals surface area contributed by atoms with Crippen molar-refractivity contribution in [2.75, 3.05) is 30.9 Å². The van der Waals surface area contributed by atoms with E-state index in [0.29, 0.717) is 24.1 Å². The number of methoxy groups -OCH3 is 1. The number of halogens is 1. The van der Waals surface area contributed by atoms with E-state index in [-0.39, 0.29) is 18.5 Å². The Hall–Kier alpha value is -2.05. The first-order valence-corrected chi connectivity index (χ1v) is 7.31. The van der Waals surface area contributed by atoms with Crippen LogP contribution < -0.4 is 15.4 Å². The second-order valence-corrected chi connectivity index (χ2v) is 5.58. The Morgan fingerprint density at radius 1 is 1.36 bits per heavy atom. The van der Waals surface area contributed by atoms with Gasteiger partial charge in [-0.15, -0.1) is 0 Å². The van der Waals surface area contributed by atoms with Crippen molar-refractivity contribution in [3.8, 4) is 5.75 Å². The van der Waals surface area contributed by atoms with E-state index < -0.39 is 0 Å². The number of nitrogens with zero attached hydrogens (tertiary/aromatic N) is 3. The minimum absolute atomic E-state index is 0.000882. The van der Waals surface area contributed by atoms with Crippen LogP contribution in [0.25, 0.3) is 0 Å². The van der Waals surface area contributed by atoms with Crippen LogP contribution in [0.5, 0.6) is 5.75 Å². The molecule has 0 fully saturated rings. The molecule has 7 heteroatoms. The van der Waals surface area contributed by atoms with Crippen LogP contribution in [0.1, 0.15) is 17.0 Å². The lowest BCUT2D eigenvalue weighted by atomic mass is 10.1. The lowest BCUT2D eigenvalue weighted by Crippen LogP contribution is -2.23. The number of hydrogen-bond acceptors (Lipinski definition) is 6. The number of hydrogen-bond donors (Lipinski definition) is 2. The van der Waals surface area contributed by atoms with Gasteiger partial charge in [0.05, 0.1) is 13.7 Å². The molecule has 0 radical (unpaired) electrons. The summed E-state index contributed by atoms with van der Waals surface area (Å²) in [5.41, 5.74) is 7.58. The van der Waals surface area contributed by atoms with Gasteiger partial charge in [-0.05, 0) is 17.7 Å². The molecule has 1 aliphatic rings. The van der Waals surface area contributed by atoms with Crippen LogP contribution in [0.3, 0.4) is 0 Å². The second-order valence-electron chi connectivity index (χ2n) is 5.22. The topological polar surface area (TPSA) is 84.5 Å². The highest BCUT2D eigenvalue weighted by atomic mass is 35.5. The summed E-state index contributed by atoms with van der Waals surface area (Å²) >= 11 is 6.17. The zero-order valence-corrected chi connectivity index (χ0v) is 12.9. The zero-order chi connectivity index (χ0) is 15.7. The van der Waals surface area contributed by atoms with Gasteiger partial charge in [0.2, 0.25) is 5.95 Å². The standard InChI is InChI=1S/C15H17ClN4O2/c1-22-11-4-2-9(3-5-11)6-20-7-10(8-21)12-13(16)18-15(17)19-14(12)20/h2-5,10,21H,6-8H2,1H3,(H2,17,18,19). The van der Waals surface area contributed by atoms with Gasteiger partial charge < -0.3 is 20.5 Å². The number of ether oxygens (including phenoxy) is 1. The molecule has 0 saturated heterocycles. The molecule has 0 bridgehead atoms. The number of nitrogen functional groups attached to an aromatic ring is 1. The molecule has 1 aromatic heterocycles. The van der Waals surface area contributed by atoms with Crippen molar-refractivity contribution >= 4 is 23.4 Å². The Kier molecular flexibility index (Phi) is 4.04. The average molecular weight is 321 g/mol. The van der Waals surface area contributed by atoms with E-state index in [1.54, 1.807) is 7.11 Å². The molecule has 0 amide bonds. The van der Waals surface area contributed by atoms with Crippen molar-refractivity contribution in [1.29, 1.82) is 0 Å². The smallest absolute Gasteiger partial charge is 0.223 e. The molecule has 2 aromatic rings. The quantitative estimate of drug-likeness (QED) is 0.836. The number of rotatable bonds is 4. The molecule has 6 nitrogen and oxygen atoms in total. The van der Waals surface area contributed by atoms with E-state index >= 15 is 0 Å². The Morgan fingerprint density at radius 3 is 2.73 bits per heavy atom. The molecule has 1 atom stereocenters. The van der Waals surface area contributed by atoms with Crippen LogP contribution >= 0.6 is 11.6 Å². The number of nitrogens with two attached hydrogens (primary N) is 1. The average Bonchev–Trinajstić information content (AvgIpc) is 2.86. The molecule has 2 heterocycles. The normalized spacial score (nSPS) is 16.7. The number of fused-ring (bicyclic) bond motifs is 1. The monoisotopic (exact) mass is 320 g/mol. The molecule has 116 valence electrons. The van der Waals surface area contributed by atoms with Crippen molar-refractivity contribution in [2.24, 2.45) is 0 Å². The van der Waals surface area contributed by atoms with E-state index in [1.807, 2.05) is 24.3 Å². The highest BCUT2D eigenvalue weighted by molar-refractivity contribution is 6.30. The summed E-state index contributed by atoms with van der Waals surface area (Å²) in [5, 5.41) is 9.89. The summed E-state index contributed by atoms with van der Waals surface area (Å²) in [7, 11) is 1.64. The predicted octanol–water partition coefficient (Wildman–Crippen LogP) is 1.82. The summed E-state index contributed by atoms with van der Waals surface area (Å²) in [6.07, 6.45) is 0. The van der Waals surface area contributed by atoms with Crippen LogP contribution in [-0.2, 0) is 6.54 Å². The lowest BCUT2D eigenvalue weighted by Gasteiger charge is -2.19. The van der Waals surface area contributed by atoms with Gasteiger partial charge in [-0.1, -0.05) is 23.7 Å². The molecular weight excluding hydrogens is 304 g/mol. The third kappa shape index (κ3) is 2.67. The van der Waals surface area contributed by atoms with Crippen molar-refractivity contribution in [1.82, 2.24) is 9.97 Å². The van der Waals surface area contributed by atoms with E-state index in [1.165, 1.54) is 0 Å². The number of anilines is 2. The van der Waals surface area contributed by atoms with Crippen LogP contribution in [0.15, 0.2) is 24.3 Å². The number of benzene rings is 1. The first-order valence-electron chi connectivity index (χ1n) is 6.94. The van der Waals surface area contributed by atoms with Crippen LogP contribution in [-0.4, -0.2) is 35.3 Å². The van der Waals surface area contributed by atoms with Gasteiger partial charge >= 0.3 is 0 Å². The van der Waals surface area contributed by atoms with Crippen molar-refractivity contribution in [3.05, 3.63) is 40.5 Å². The summed E-state index contributed by atoms with van der Waals surface area (Å²) in [6, 6.07) is 7.82. The summed E-state index contributed by atoms with van der Waals surface area (Å²) in [6.45, 7) is 1.29. The Bertz CT molecular complexity index is 678. The molecule has 1 unspecified atom stereocenters. The molecule has 22 heavy (non-hydrogen) atoms. The molecule has 0 saturated carbocycles. The Balaban J connectivity index is 1.90. The third-order valence-electron chi connectivity index (χ3n) is 3.80. The number of aliphatic hydroxyl groups excluding tert-OH is 1. The molecule has 0 aliphatic carbocycles. The predicted molar refractivity (Wildman–Crippen MR) is 85.3 cm³/mol. The highest BCUT2D eigenvalue weighted by Crippen LogP contribution is 2.39. The SMILES string of the molecule is COc1ccc(CN2CC(CO)c3c(Cl)nc(N)nc32)cc1. The van der Waals surface area contributed by atoms with E-state index in [0.717, 1.165) is 16.9 Å². The molecule has 3 rings (SSSR count). The number of aromatic nitrogens is 2. The maximum atomic E-state index is 9.57. The largest absolute Gasteiger partial charge is 0.497 e. The minimum Gasteiger partial charge on any atom is -0.497 e. The highest BCUT2D eigenvalue weighted by Gasteiger charge is 2.33. The summed E-state index contributed by atoms with van der Waals surface area (Å²) in [4.78, 5) is 10.3. The van der Waals surface area contributed by atoms with E-state index in [2.05, 4.69) is 14.9 Å². The first-order chi connectivity index (χ1) is 10.6. The van der Waals surface area contributed by atoms with Crippen molar-refractivity contribution in [2.45, 2.75) is 12.5 Å². The van der Waals surface area contributed by atoms with Crippen molar-refractivity contribution < 1.29 is 9.84 Å². The molecule has 1 aliphatic heterocycles. The fourth-order valence-electron chi connectivity index (χ4n) is 2.72. The van der Waals surface area contributed by atoms with E-state index in [9.17, 15) is 5.11 Å². The Morgan fingerprint density at radius 2 is 2.09 bits per heavy atom. The van der Waals surface area contributed by atoms with Gasteiger partial charge in [-0.2, -0.15) is 4.98 Å². The molecule has 1 aromatic carbocycles. The van der Waals surface area contributed by atoms with E-state index in [4.69, 9.17) is 22.1 Å². The molecule has 0 spiro atoms. The number of aliphatic hydroxyl groups is 1. The van der Waals surface area contributed by atoms with Gasteiger partial charge in [-0.25, -0.2) is 4.98 Å². The van der Waals surface area contributed by atoms with Crippen molar-refractivity contribution in [3.63, 3.8) is 0 Å². The first kappa shape index (κ1) is 14.9. The van der Waals surface area contributed by atoms with Gasteiger partial charge in [0.25, 0.3) is 0 Å². The fraction of sp³-hybridized carbons (Fsp3) is 0.333. The van der Waals surface area contributed by atoms with Gasteiger partial charge in [0.15, 0.2) is 0 Å². The van der Waals surface area contributed by atoms with Crippen LogP contribution in [0, 0.1) is 0 Å². The molecule has 3 N–H and O–H groups in total. The van der Waals surface area contributed by atoms with Crippen LogP contribution in [0.4, 0.5) is 11.8 Å². The Labute approximate surface area is 133 Å². The fourth-order valence-corrected chi connectivity index (χ4v) is 3.05. The zero-order valence-electron chi connectivity index (χ0n) is 12.2.